The van der Waals surface area contributed by atoms with Crippen molar-refractivity contribution < 1.29 is 4.79 Å². The number of benzene rings is 1. The number of anilines is 1. The Labute approximate surface area is 127 Å². The van der Waals surface area contributed by atoms with Crippen LogP contribution in [0, 0.1) is 0 Å². The van der Waals surface area contributed by atoms with Gasteiger partial charge in [0.05, 0.1) is 22.9 Å². The van der Waals surface area contributed by atoms with Gasteiger partial charge in [0, 0.05) is 5.54 Å². The number of carbonyl (C=O) groups is 1. The van der Waals surface area contributed by atoms with Crippen LogP contribution in [-0.4, -0.2) is 38.2 Å². The summed E-state index contributed by atoms with van der Waals surface area (Å²) in [7, 11) is 0. The fourth-order valence-corrected chi connectivity index (χ4v) is 1.74. The van der Waals surface area contributed by atoms with Gasteiger partial charge in [-0.2, -0.15) is 0 Å². The van der Waals surface area contributed by atoms with Gasteiger partial charge in [-0.3, -0.25) is 4.79 Å². The molecule has 0 aliphatic heterocycles. The first-order valence-electron chi connectivity index (χ1n) is 6.43. The van der Waals surface area contributed by atoms with Crippen LogP contribution in [0.1, 0.15) is 20.8 Å². The Morgan fingerprint density at radius 3 is 2.76 bits per heavy atom. The molecule has 0 saturated heterocycles. The van der Waals surface area contributed by atoms with Crippen LogP contribution in [-0.2, 0) is 4.79 Å². The third-order valence-corrected chi connectivity index (χ3v) is 2.95. The molecule has 0 radical (unpaired) electrons. The zero-order valence-electron chi connectivity index (χ0n) is 12.1. The van der Waals surface area contributed by atoms with E-state index >= 15 is 0 Å². The number of tetrazole rings is 1. The van der Waals surface area contributed by atoms with E-state index in [0.717, 1.165) is 0 Å². The summed E-state index contributed by atoms with van der Waals surface area (Å²) in [5.41, 5.74) is 1.10. The molecule has 0 bridgehead atoms. The highest BCUT2D eigenvalue weighted by molar-refractivity contribution is 6.33. The highest BCUT2D eigenvalue weighted by atomic mass is 35.5. The average molecular weight is 309 g/mol. The third kappa shape index (κ3) is 4.51. The number of halogens is 1. The predicted octanol–water partition coefficient (Wildman–Crippen LogP) is 1.64. The van der Waals surface area contributed by atoms with Crippen LogP contribution in [0.4, 0.5) is 5.69 Å². The summed E-state index contributed by atoms with van der Waals surface area (Å²) in [6.07, 6.45) is 1.47. The van der Waals surface area contributed by atoms with E-state index in [1.807, 2.05) is 20.8 Å². The van der Waals surface area contributed by atoms with E-state index in [-0.39, 0.29) is 18.0 Å². The van der Waals surface area contributed by atoms with E-state index in [1.54, 1.807) is 18.2 Å². The second-order valence-electron chi connectivity index (χ2n) is 5.57. The molecule has 2 rings (SSSR count). The van der Waals surface area contributed by atoms with Crippen molar-refractivity contribution in [3.63, 3.8) is 0 Å². The number of nitrogens with zero attached hydrogens (tertiary/aromatic N) is 4. The minimum atomic E-state index is -0.166. The summed E-state index contributed by atoms with van der Waals surface area (Å²) < 4.78 is 1.49. The van der Waals surface area contributed by atoms with E-state index in [2.05, 4.69) is 26.2 Å². The van der Waals surface area contributed by atoms with Crippen LogP contribution in [0.15, 0.2) is 24.5 Å². The van der Waals surface area contributed by atoms with Gasteiger partial charge in [-0.05, 0) is 49.4 Å². The molecule has 7 nitrogen and oxygen atoms in total. The van der Waals surface area contributed by atoms with Crippen LogP contribution < -0.4 is 10.6 Å². The molecule has 0 atom stereocenters. The van der Waals surface area contributed by atoms with E-state index in [4.69, 9.17) is 11.6 Å². The lowest BCUT2D eigenvalue weighted by Crippen LogP contribution is -2.41. The number of hydrogen-bond donors (Lipinski definition) is 2. The van der Waals surface area contributed by atoms with Crippen molar-refractivity contribution in [2.75, 3.05) is 11.9 Å². The largest absolute Gasteiger partial charge is 0.324 e. The third-order valence-electron chi connectivity index (χ3n) is 2.62. The molecule has 1 aromatic carbocycles. The smallest absolute Gasteiger partial charge is 0.238 e. The molecule has 0 unspecified atom stereocenters. The zero-order valence-corrected chi connectivity index (χ0v) is 12.8. The van der Waals surface area contributed by atoms with Crippen molar-refractivity contribution in [2.45, 2.75) is 26.3 Å². The topological polar surface area (TPSA) is 84.7 Å². The van der Waals surface area contributed by atoms with Gasteiger partial charge >= 0.3 is 0 Å². The van der Waals surface area contributed by atoms with E-state index in [1.165, 1.54) is 11.0 Å². The first kappa shape index (κ1) is 15.4. The average Bonchev–Trinajstić information content (AvgIpc) is 2.92. The summed E-state index contributed by atoms with van der Waals surface area (Å²) in [4.78, 5) is 11.9. The molecule has 0 aliphatic rings. The molecular weight excluding hydrogens is 292 g/mol. The standard InChI is InChI=1S/C13H17ClN6O/c1-13(2,3)15-7-12(21)17-11-6-9(4-5-10(11)14)20-8-16-18-19-20/h4-6,8,15H,7H2,1-3H3,(H,17,21). The van der Waals surface area contributed by atoms with Gasteiger partial charge in [0.2, 0.25) is 5.91 Å². The maximum Gasteiger partial charge on any atom is 0.238 e. The SMILES string of the molecule is CC(C)(C)NCC(=O)Nc1cc(-n2cnnn2)ccc1Cl. The van der Waals surface area contributed by atoms with E-state index in [9.17, 15) is 4.79 Å². The molecule has 8 heteroatoms. The molecule has 2 aromatic rings. The Morgan fingerprint density at radius 1 is 1.38 bits per heavy atom. The fraction of sp³-hybridized carbons (Fsp3) is 0.385. The first-order chi connectivity index (χ1) is 9.85. The number of aromatic nitrogens is 4. The van der Waals surface area contributed by atoms with Crippen LogP contribution >= 0.6 is 11.6 Å². The van der Waals surface area contributed by atoms with Gasteiger partial charge in [0.15, 0.2) is 0 Å². The lowest BCUT2D eigenvalue weighted by atomic mass is 10.1. The molecule has 0 saturated carbocycles. The number of carbonyl (C=O) groups excluding carboxylic acids is 1. The van der Waals surface area contributed by atoms with Crippen molar-refractivity contribution in [1.82, 2.24) is 25.5 Å². The Morgan fingerprint density at radius 2 is 2.14 bits per heavy atom. The van der Waals surface area contributed by atoms with Crippen LogP contribution in [0.5, 0.6) is 0 Å². The summed E-state index contributed by atoms with van der Waals surface area (Å²) in [5, 5.41) is 17.3. The molecule has 0 fully saturated rings. The predicted molar refractivity (Wildman–Crippen MR) is 80.5 cm³/mol. The normalized spacial score (nSPS) is 11.4. The van der Waals surface area contributed by atoms with Crippen LogP contribution in [0.25, 0.3) is 5.69 Å². The van der Waals surface area contributed by atoms with Crippen LogP contribution in [0.3, 0.4) is 0 Å². The van der Waals surface area contributed by atoms with Crippen molar-refractivity contribution in [1.29, 1.82) is 0 Å². The lowest BCUT2D eigenvalue weighted by molar-refractivity contribution is -0.115. The summed E-state index contributed by atoms with van der Waals surface area (Å²) in [6, 6.07) is 5.17. The fourth-order valence-electron chi connectivity index (χ4n) is 1.57. The Bertz CT molecular complexity index is 620. The summed E-state index contributed by atoms with van der Waals surface area (Å²) in [6.45, 7) is 6.18. The molecule has 1 heterocycles. The van der Waals surface area contributed by atoms with E-state index < -0.39 is 0 Å². The molecular formula is C13H17ClN6O. The summed E-state index contributed by atoms with van der Waals surface area (Å²) >= 11 is 6.10. The zero-order chi connectivity index (χ0) is 15.5. The number of rotatable bonds is 4. The second-order valence-corrected chi connectivity index (χ2v) is 5.98. The van der Waals surface area contributed by atoms with Gasteiger partial charge < -0.3 is 10.6 Å². The lowest BCUT2D eigenvalue weighted by Gasteiger charge is -2.20. The van der Waals surface area contributed by atoms with Crippen molar-refractivity contribution in [3.05, 3.63) is 29.5 Å². The quantitative estimate of drug-likeness (QED) is 0.897. The van der Waals surface area contributed by atoms with Gasteiger partial charge in [0.1, 0.15) is 6.33 Å². The van der Waals surface area contributed by atoms with Gasteiger partial charge in [-0.15, -0.1) is 5.10 Å². The second kappa shape index (κ2) is 6.19. The number of nitrogens with one attached hydrogen (secondary N) is 2. The maximum atomic E-state index is 11.9. The van der Waals surface area contributed by atoms with Crippen molar-refractivity contribution in [2.24, 2.45) is 0 Å². The van der Waals surface area contributed by atoms with E-state index in [0.29, 0.717) is 16.4 Å². The Balaban J connectivity index is 2.09. The summed E-state index contributed by atoms with van der Waals surface area (Å²) in [5.74, 6) is -0.166. The number of hydrogen-bond acceptors (Lipinski definition) is 5. The molecule has 1 amide bonds. The highest BCUT2D eigenvalue weighted by Gasteiger charge is 2.13. The number of amides is 1. The van der Waals surface area contributed by atoms with Gasteiger partial charge in [-0.1, -0.05) is 11.6 Å². The molecule has 0 aliphatic carbocycles. The monoisotopic (exact) mass is 308 g/mol. The minimum Gasteiger partial charge on any atom is -0.324 e. The van der Waals surface area contributed by atoms with Gasteiger partial charge in [-0.25, -0.2) is 4.68 Å². The molecule has 0 spiro atoms. The van der Waals surface area contributed by atoms with Crippen molar-refractivity contribution >= 4 is 23.2 Å². The van der Waals surface area contributed by atoms with Gasteiger partial charge in [0.25, 0.3) is 0 Å². The maximum absolute atomic E-state index is 11.9. The molecule has 21 heavy (non-hydrogen) atoms. The first-order valence-corrected chi connectivity index (χ1v) is 6.81. The van der Waals surface area contributed by atoms with Crippen molar-refractivity contribution in [3.8, 4) is 5.69 Å². The highest BCUT2D eigenvalue weighted by Crippen LogP contribution is 2.24. The minimum absolute atomic E-state index is 0.130. The Kier molecular flexibility index (Phi) is 4.54. The molecule has 1 aromatic heterocycles. The Hall–Kier alpha value is -1.99. The molecule has 2 N–H and O–H groups in total. The molecule has 112 valence electrons. The van der Waals surface area contributed by atoms with Crippen LogP contribution in [0.2, 0.25) is 5.02 Å².